The van der Waals surface area contributed by atoms with Gasteiger partial charge in [-0.15, -0.1) is 0 Å². The maximum atomic E-state index is 13.8. The van der Waals surface area contributed by atoms with Gasteiger partial charge in [0.15, 0.2) is 11.5 Å². The van der Waals surface area contributed by atoms with Crippen molar-refractivity contribution in [2.75, 3.05) is 20.2 Å². The van der Waals surface area contributed by atoms with Gasteiger partial charge in [0, 0.05) is 42.5 Å². The maximum absolute atomic E-state index is 13.8. The number of pyridine rings is 2. The van der Waals surface area contributed by atoms with Crippen molar-refractivity contribution in [2.24, 2.45) is 0 Å². The Morgan fingerprint density at radius 1 is 1.16 bits per heavy atom. The molecule has 1 aliphatic rings. The smallest absolute Gasteiger partial charge is 0.156 e. The molecule has 5 rings (SSSR count). The summed E-state index contributed by atoms with van der Waals surface area (Å²) in [5.41, 5.74) is 3.40. The largest absolute Gasteiger partial charge is 0.496 e. The standard InChI is InChI=1S/C24H24FN5O/c1-31-22-9-8-19(25)13-21(22)17-7-10-23-27-24(28-30(23)15-17)18-5-4-12-29(14-18)16-20-6-2-3-11-26-20/h2-3,6-11,13,15,18H,4-5,12,14,16H2,1H3/t18-/m1/s1. The highest BCUT2D eigenvalue weighted by molar-refractivity contribution is 5.71. The zero-order valence-electron chi connectivity index (χ0n) is 17.4. The number of aromatic nitrogens is 4. The van der Waals surface area contributed by atoms with Crippen LogP contribution in [0.1, 0.15) is 30.3 Å². The molecule has 0 saturated carbocycles. The van der Waals surface area contributed by atoms with Gasteiger partial charge in [-0.05, 0) is 61.9 Å². The summed E-state index contributed by atoms with van der Waals surface area (Å²) in [5.74, 6) is 1.46. The van der Waals surface area contributed by atoms with Crippen molar-refractivity contribution in [2.45, 2.75) is 25.3 Å². The van der Waals surface area contributed by atoms with Crippen molar-refractivity contribution in [1.29, 1.82) is 0 Å². The first kappa shape index (κ1) is 19.6. The van der Waals surface area contributed by atoms with E-state index in [1.165, 1.54) is 12.1 Å². The van der Waals surface area contributed by atoms with Crippen LogP contribution in [0.3, 0.4) is 0 Å². The Balaban J connectivity index is 1.39. The van der Waals surface area contributed by atoms with Crippen LogP contribution in [0.4, 0.5) is 4.39 Å². The van der Waals surface area contributed by atoms with E-state index in [-0.39, 0.29) is 11.7 Å². The first-order valence-corrected chi connectivity index (χ1v) is 10.5. The van der Waals surface area contributed by atoms with Crippen molar-refractivity contribution in [3.05, 3.63) is 78.3 Å². The second-order valence-corrected chi connectivity index (χ2v) is 7.93. The van der Waals surface area contributed by atoms with E-state index in [4.69, 9.17) is 14.8 Å². The number of nitrogens with zero attached hydrogens (tertiary/aromatic N) is 5. The Morgan fingerprint density at radius 2 is 2.10 bits per heavy atom. The molecular formula is C24H24FN5O. The zero-order valence-corrected chi connectivity index (χ0v) is 17.4. The summed E-state index contributed by atoms with van der Waals surface area (Å²) in [7, 11) is 1.59. The molecule has 7 heteroatoms. The highest BCUT2D eigenvalue weighted by Gasteiger charge is 2.25. The van der Waals surface area contributed by atoms with Gasteiger partial charge < -0.3 is 4.74 Å². The molecular weight excluding hydrogens is 393 g/mol. The Labute approximate surface area is 180 Å². The summed E-state index contributed by atoms with van der Waals surface area (Å²) >= 11 is 0. The monoisotopic (exact) mass is 417 g/mol. The van der Waals surface area contributed by atoms with E-state index >= 15 is 0 Å². The third-order valence-electron chi connectivity index (χ3n) is 5.80. The molecule has 31 heavy (non-hydrogen) atoms. The van der Waals surface area contributed by atoms with E-state index < -0.39 is 0 Å². The van der Waals surface area contributed by atoms with Crippen LogP contribution in [0.5, 0.6) is 5.75 Å². The molecule has 1 atom stereocenters. The first-order valence-electron chi connectivity index (χ1n) is 10.5. The van der Waals surface area contributed by atoms with E-state index in [0.29, 0.717) is 11.3 Å². The number of rotatable bonds is 5. The Hall–Kier alpha value is -3.32. The van der Waals surface area contributed by atoms with Crippen LogP contribution in [0.25, 0.3) is 16.8 Å². The lowest BCUT2D eigenvalue weighted by atomic mass is 9.97. The molecule has 0 N–H and O–H groups in total. The third kappa shape index (κ3) is 4.14. The van der Waals surface area contributed by atoms with Crippen LogP contribution >= 0.6 is 0 Å². The second-order valence-electron chi connectivity index (χ2n) is 7.93. The fraction of sp³-hybridized carbons (Fsp3) is 0.292. The summed E-state index contributed by atoms with van der Waals surface area (Å²) in [4.78, 5) is 11.6. The molecule has 1 saturated heterocycles. The molecule has 1 aliphatic heterocycles. The average molecular weight is 417 g/mol. The van der Waals surface area contributed by atoms with E-state index in [1.54, 1.807) is 17.7 Å². The molecule has 1 fully saturated rings. The molecule has 0 aliphatic carbocycles. The van der Waals surface area contributed by atoms with Gasteiger partial charge in [-0.3, -0.25) is 9.88 Å². The molecule has 158 valence electrons. The topological polar surface area (TPSA) is 55.5 Å². The second kappa shape index (κ2) is 8.43. The molecule has 4 heterocycles. The highest BCUT2D eigenvalue weighted by atomic mass is 19.1. The molecule has 0 bridgehead atoms. The van der Waals surface area contributed by atoms with Gasteiger partial charge in [0.25, 0.3) is 0 Å². The first-order chi connectivity index (χ1) is 15.2. The number of piperidine rings is 1. The number of ether oxygens (including phenoxy) is 1. The fourth-order valence-electron chi connectivity index (χ4n) is 4.27. The lowest BCUT2D eigenvalue weighted by molar-refractivity contribution is 0.194. The lowest BCUT2D eigenvalue weighted by Gasteiger charge is -2.31. The number of halogens is 1. The average Bonchev–Trinajstić information content (AvgIpc) is 3.23. The Morgan fingerprint density at radius 3 is 2.94 bits per heavy atom. The number of benzene rings is 1. The zero-order chi connectivity index (χ0) is 21.2. The van der Waals surface area contributed by atoms with Crippen LogP contribution in [0, 0.1) is 5.82 Å². The molecule has 0 radical (unpaired) electrons. The van der Waals surface area contributed by atoms with Crippen LogP contribution in [-0.2, 0) is 6.54 Å². The van der Waals surface area contributed by atoms with Gasteiger partial charge >= 0.3 is 0 Å². The Kier molecular flexibility index (Phi) is 5.34. The highest BCUT2D eigenvalue weighted by Crippen LogP contribution is 2.31. The van der Waals surface area contributed by atoms with Gasteiger partial charge in [0.1, 0.15) is 11.6 Å². The lowest BCUT2D eigenvalue weighted by Crippen LogP contribution is -2.34. The number of fused-ring (bicyclic) bond motifs is 1. The van der Waals surface area contributed by atoms with Gasteiger partial charge in [0.2, 0.25) is 0 Å². The SMILES string of the molecule is COc1ccc(F)cc1-c1ccc2nc([C@@H]3CCCN(Cc4ccccn4)C3)nn2c1. The van der Waals surface area contributed by atoms with Crippen molar-refractivity contribution >= 4 is 5.65 Å². The number of likely N-dealkylation sites (tertiary alicyclic amines) is 1. The molecule has 0 unspecified atom stereocenters. The van der Waals surface area contributed by atoms with Crippen LogP contribution in [0.15, 0.2) is 60.9 Å². The van der Waals surface area contributed by atoms with Crippen LogP contribution < -0.4 is 4.74 Å². The summed E-state index contributed by atoms with van der Waals surface area (Å²) in [5, 5.41) is 4.77. The van der Waals surface area contributed by atoms with Crippen LogP contribution in [-0.4, -0.2) is 44.7 Å². The minimum atomic E-state index is -0.301. The van der Waals surface area contributed by atoms with Crippen molar-refractivity contribution < 1.29 is 9.13 Å². The Bertz CT molecular complexity index is 1190. The summed E-state index contributed by atoms with van der Waals surface area (Å²) in [6.45, 7) is 2.82. The maximum Gasteiger partial charge on any atom is 0.156 e. The van der Waals surface area contributed by atoms with Crippen molar-refractivity contribution in [3.8, 4) is 16.9 Å². The van der Waals surface area contributed by atoms with E-state index in [2.05, 4.69) is 16.0 Å². The molecule has 6 nitrogen and oxygen atoms in total. The fourth-order valence-corrected chi connectivity index (χ4v) is 4.27. The minimum Gasteiger partial charge on any atom is -0.496 e. The van der Waals surface area contributed by atoms with Gasteiger partial charge in [-0.1, -0.05) is 6.07 Å². The minimum absolute atomic E-state index is 0.282. The molecule has 0 amide bonds. The molecule has 3 aromatic heterocycles. The van der Waals surface area contributed by atoms with E-state index in [1.807, 2.05) is 36.7 Å². The van der Waals surface area contributed by atoms with Crippen molar-refractivity contribution in [1.82, 2.24) is 24.5 Å². The summed E-state index contributed by atoms with van der Waals surface area (Å²) < 4.78 is 21.0. The van der Waals surface area contributed by atoms with Gasteiger partial charge in [-0.25, -0.2) is 13.9 Å². The predicted molar refractivity (Wildman–Crippen MR) is 116 cm³/mol. The quantitative estimate of drug-likeness (QED) is 0.484. The number of hydrogen-bond acceptors (Lipinski definition) is 5. The number of methoxy groups -OCH3 is 1. The normalized spacial score (nSPS) is 17.2. The molecule has 0 spiro atoms. The van der Waals surface area contributed by atoms with E-state index in [0.717, 1.165) is 55.2 Å². The van der Waals surface area contributed by atoms with Crippen molar-refractivity contribution in [3.63, 3.8) is 0 Å². The number of hydrogen-bond donors (Lipinski definition) is 0. The summed E-state index contributed by atoms with van der Waals surface area (Å²) in [6.07, 6.45) is 5.90. The van der Waals surface area contributed by atoms with Gasteiger partial charge in [-0.2, -0.15) is 5.10 Å². The molecule has 1 aromatic carbocycles. The van der Waals surface area contributed by atoms with E-state index in [9.17, 15) is 4.39 Å². The third-order valence-corrected chi connectivity index (χ3v) is 5.80. The van der Waals surface area contributed by atoms with Crippen LogP contribution in [0.2, 0.25) is 0 Å². The van der Waals surface area contributed by atoms with Gasteiger partial charge in [0.05, 0.1) is 12.8 Å². The molecule has 4 aromatic rings. The predicted octanol–water partition coefficient (Wildman–Crippen LogP) is 4.32. The summed E-state index contributed by atoms with van der Waals surface area (Å²) in [6, 6.07) is 14.4.